The zero-order chi connectivity index (χ0) is 19.0. The van der Waals surface area contributed by atoms with Crippen molar-refractivity contribution in [3.8, 4) is 0 Å². The Hall–Kier alpha value is -1.86. The lowest BCUT2D eigenvalue weighted by Crippen LogP contribution is -2.32. The number of methoxy groups -OCH3 is 1. The lowest BCUT2D eigenvalue weighted by Gasteiger charge is -2.20. The third-order valence-electron chi connectivity index (χ3n) is 4.63. The molecule has 1 aliphatic heterocycles. The molecule has 0 fully saturated rings. The van der Waals surface area contributed by atoms with E-state index in [2.05, 4.69) is 0 Å². The van der Waals surface area contributed by atoms with Gasteiger partial charge in [-0.2, -0.15) is 0 Å². The van der Waals surface area contributed by atoms with Gasteiger partial charge in [0.05, 0.1) is 12.8 Å². The summed E-state index contributed by atoms with van der Waals surface area (Å²) < 4.78 is 19.3. The minimum Gasteiger partial charge on any atom is -0.468 e. The molecule has 1 unspecified atom stereocenters. The maximum Gasteiger partial charge on any atom is 0.323 e. The molecule has 5 nitrogen and oxygen atoms in total. The summed E-state index contributed by atoms with van der Waals surface area (Å²) in [6, 6.07) is 2.32. The Labute approximate surface area is 159 Å². The topological polar surface area (TPSA) is 63.7 Å². The van der Waals surface area contributed by atoms with Crippen molar-refractivity contribution in [2.24, 2.45) is 0 Å². The number of rotatable bonds is 4. The largest absolute Gasteiger partial charge is 0.468 e. The van der Waals surface area contributed by atoms with Gasteiger partial charge in [-0.3, -0.25) is 14.4 Å². The van der Waals surface area contributed by atoms with E-state index in [-0.39, 0.29) is 10.7 Å². The number of anilines is 1. The van der Waals surface area contributed by atoms with Crippen molar-refractivity contribution in [1.29, 1.82) is 0 Å². The molecule has 1 heterocycles. The van der Waals surface area contributed by atoms with Gasteiger partial charge < -0.3 is 4.74 Å². The number of esters is 1. The highest BCUT2D eigenvalue weighted by atomic mass is 35.5. The first-order valence-corrected chi connectivity index (χ1v) is 9.77. The van der Waals surface area contributed by atoms with Crippen LogP contribution in [0.25, 0.3) is 0 Å². The van der Waals surface area contributed by atoms with Crippen LogP contribution in [0.4, 0.5) is 10.1 Å². The predicted molar refractivity (Wildman–Crippen MR) is 97.7 cm³/mol. The first-order valence-electron chi connectivity index (χ1n) is 8.11. The fourth-order valence-electron chi connectivity index (χ4n) is 3.34. The Morgan fingerprint density at radius 1 is 1.23 bits per heavy atom. The van der Waals surface area contributed by atoms with Crippen LogP contribution >= 0.6 is 23.4 Å². The number of hydrogen-bond donors (Lipinski definition) is 0. The molecule has 8 heteroatoms. The summed E-state index contributed by atoms with van der Waals surface area (Å²) in [6.07, 6.45) is 4.39. The van der Waals surface area contributed by atoms with Crippen molar-refractivity contribution in [3.05, 3.63) is 39.7 Å². The average Bonchev–Trinajstić information content (AvgIpc) is 2.88. The number of imide groups is 1. The fraction of sp³-hybridized carbons (Fsp3) is 0.389. The smallest absolute Gasteiger partial charge is 0.323 e. The molecule has 0 saturated heterocycles. The van der Waals surface area contributed by atoms with Gasteiger partial charge in [0, 0.05) is 16.2 Å². The van der Waals surface area contributed by atoms with Crippen molar-refractivity contribution in [2.45, 2.75) is 30.9 Å². The molecule has 0 aromatic heterocycles. The average molecular weight is 398 g/mol. The van der Waals surface area contributed by atoms with Gasteiger partial charge in [0.25, 0.3) is 11.8 Å². The lowest BCUT2D eigenvalue weighted by atomic mass is 9.93. The highest BCUT2D eigenvalue weighted by Gasteiger charge is 2.41. The van der Waals surface area contributed by atoms with Crippen molar-refractivity contribution < 1.29 is 23.5 Å². The van der Waals surface area contributed by atoms with Crippen LogP contribution in [0.1, 0.15) is 36.5 Å². The summed E-state index contributed by atoms with van der Waals surface area (Å²) in [7, 11) is 1.25. The maximum absolute atomic E-state index is 14.6. The molecule has 0 saturated carbocycles. The summed E-state index contributed by atoms with van der Waals surface area (Å²) in [5.41, 5.74) is 1.04. The number of benzene rings is 1. The number of carbonyl (C=O) groups is 3. The number of carbonyl (C=O) groups excluding carboxylic acids is 3. The third-order valence-corrected chi connectivity index (χ3v) is 5.88. The number of nitrogens with zero attached hydrogens (tertiary/aromatic N) is 1. The van der Waals surface area contributed by atoms with Crippen LogP contribution in [0, 0.1) is 5.82 Å². The molecule has 0 bridgehead atoms. The van der Waals surface area contributed by atoms with E-state index in [1.165, 1.54) is 24.9 Å². The van der Waals surface area contributed by atoms with Crippen LogP contribution in [0.5, 0.6) is 0 Å². The number of thioether (sulfide) groups is 1. The van der Waals surface area contributed by atoms with Crippen molar-refractivity contribution in [1.82, 2.24) is 0 Å². The van der Waals surface area contributed by atoms with Gasteiger partial charge in [-0.15, -0.1) is 11.8 Å². The summed E-state index contributed by atoms with van der Waals surface area (Å²) in [6.45, 7) is 0. The van der Waals surface area contributed by atoms with Crippen LogP contribution in [0.15, 0.2) is 23.3 Å². The van der Waals surface area contributed by atoms with Gasteiger partial charge in [-0.1, -0.05) is 11.6 Å². The van der Waals surface area contributed by atoms with E-state index >= 15 is 0 Å². The Morgan fingerprint density at radius 3 is 2.31 bits per heavy atom. The van der Waals surface area contributed by atoms with Gasteiger partial charge in [-0.25, -0.2) is 9.29 Å². The second-order valence-electron chi connectivity index (χ2n) is 6.07. The molecule has 0 N–H and O–H groups in total. The molecule has 0 radical (unpaired) electrons. The standard InChI is InChI=1S/C18H17ClFNO4S/c1-25-18(24)15(26-2)11-7-14(13(20)8-12(11)19)21-16(22)9-5-3-4-6-10(9)17(21)23/h7-8,15H,3-6H2,1-2H3. The van der Waals surface area contributed by atoms with E-state index in [0.717, 1.165) is 23.8 Å². The number of halogens is 2. The van der Waals surface area contributed by atoms with Gasteiger partial charge in [-0.05, 0) is 49.6 Å². The SMILES string of the molecule is COC(=O)C(SC)c1cc(N2C(=O)C3=C(CCCC3)C2=O)c(F)cc1Cl. The minimum atomic E-state index is -0.790. The number of amides is 2. The van der Waals surface area contributed by atoms with E-state index in [1.807, 2.05) is 0 Å². The van der Waals surface area contributed by atoms with Gasteiger partial charge in [0.1, 0.15) is 11.1 Å². The Balaban J connectivity index is 2.06. The first kappa shape index (κ1) is 18.9. The fourth-order valence-corrected chi connectivity index (χ4v) is 4.40. The molecule has 1 aromatic rings. The van der Waals surface area contributed by atoms with E-state index in [0.29, 0.717) is 29.6 Å². The number of ether oxygens (including phenoxy) is 1. The van der Waals surface area contributed by atoms with Gasteiger partial charge in [0.15, 0.2) is 0 Å². The van der Waals surface area contributed by atoms with Crippen molar-refractivity contribution in [3.63, 3.8) is 0 Å². The maximum atomic E-state index is 14.6. The van der Waals surface area contributed by atoms with Crippen molar-refractivity contribution >= 4 is 46.8 Å². The predicted octanol–water partition coefficient (Wildman–Crippen LogP) is 3.80. The molecule has 0 spiro atoms. The molecule has 138 valence electrons. The van der Waals surface area contributed by atoms with Crippen LogP contribution in [-0.2, 0) is 19.1 Å². The second kappa shape index (κ2) is 7.40. The summed E-state index contributed by atoms with van der Waals surface area (Å²) in [5, 5.41) is -0.755. The summed E-state index contributed by atoms with van der Waals surface area (Å²) in [5.74, 6) is -2.32. The number of hydrogen-bond acceptors (Lipinski definition) is 5. The van der Waals surface area contributed by atoms with E-state index in [9.17, 15) is 18.8 Å². The van der Waals surface area contributed by atoms with Crippen LogP contribution < -0.4 is 4.90 Å². The zero-order valence-electron chi connectivity index (χ0n) is 14.3. The molecule has 2 amide bonds. The Bertz CT molecular complexity index is 811. The molecule has 1 aliphatic carbocycles. The van der Waals surface area contributed by atoms with Crippen molar-refractivity contribution in [2.75, 3.05) is 18.3 Å². The molecular weight excluding hydrogens is 381 g/mol. The van der Waals surface area contributed by atoms with E-state index in [1.54, 1.807) is 6.26 Å². The van der Waals surface area contributed by atoms with Crippen LogP contribution in [0.3, 0.4) is 0 Å². The van der Waals surface area contributed by atoms with Crippen LogP contribution in [0.2, 0.25) is 5.02 Å². The van der Waals surface area contributed by atoms with E-state index < -0.39 is 28.9 Å². The Morgan fingerprint density at radius 2 is 1.81 bits per heavy atom. The zero-order valence-corrected chi connectivity index (χ0v) is 15.9. The third kappa shape index (κ3) is 3.03. The summed E-state index contributed by atoms with van der Waals surface area (Å²) in [4.78, 5) is 38.2. The van der Waals surface area contributed by atoms with Crippen LogP contribution in [-0.4, -0.2) is 31.1 Å². The normalized spacial score (nSPS) is 18.2. The molecule has 1 aromatic carbocycles. The molecule has 1 atom stereocenters. The lowest BCUT2D eigenvalue weighted by molar-refractivity contribution is -0.140. The Kier molecular flexibility index (Phi) is 5.39. The molecule has 2 aliphatic rings. The minimum absolute atomic E-state index is 0.0350. The first-order chi connectivity index (χ1) is 12.4. The van der Waals surface area contributed by atoms with Gasteiger partial charge in [0.2, 0.25) is 0 Å². The monoisotopic (exact) mass is 397 g/mol. The van der Waals surface area contributed by atoms with E-state index in [4.69, 9.17) is 16.3 Å². The quantitative estimate of drug-likeness (QED) is 0.571. The summed E-state index contributed by atoms with van der Waals surface area (Å²) >= 11 is 7.29. The van der Waals surface area contributed by atoms with Gasteiger partial charge >= 0.3 is 5.97 Å². The molecule has 26 heavy (non-hydrogen) atoms. The second-order valence-corrected chi connectivity index (χ2v) is 7.42. The molecule has 3 rings (SSSR count). The molecular formula is C18H17ClFNO4S. The highest BCUT2D eigenvalue weighted by molar-refractivity contribution is 7.99. The highest BCUT2D eigenvalue weighted by Crippen LogP contribution is 2.41.